The van der Waals surface area contributed by atoms with Gasteiger partial charge in [-0.3, -0.25) is 4.79 Å². The monoisotopic (exact) mass is 340 g/mol. The van der Waals surface area contributed by atoms with Gasteiger partial charge in [0, 0.05) is 30.3 Å². The molecule has 3 N–H and O–H groups in total. The molecule has 1 aromatic heterocycles. The molecule has 7 heteroatoms. The van der Waals surface area contributed by atoms with Crippen molar-refractivity contribution in [1.82, 2.24) is 15.2 Å². The fourth-order valence-corrected chi connectivity index (χ4v) is 2.56. The highest BCUT2D eigenvalue weighted by Gasteiger charge is 2.25. The minimum absolute atomic E-state index is 0.0683. The maximum Gasteiger partial charge on any atom is 0.312 e. The Balaban J connectivity index is 1.96. The number of urea groups is 1. The van der Waals surface area contributed by atoms with Crippen molar-refractivity contribution in [1.29, 1.82) is 0 Å². The van der Waals surface area contributed by atoms with Crippen molar-refractivity contribution in [2.24, 2.45) is 11.7 Å². The van der Waals surface area contributed by atoms with Gasteiger partial charge in [0.15, 0.2) is 0 Å². The summed E-state index contributed by atoms with van der Waals surface area (Å²) < 4.78 is 0.844. The van der Waals surface area contributed by atoms with Gasteiger partial charge in [0.2, 0.25) is 0 Å². The van der Waals surface area contributed by atoms with Crippen LogP contribution in [0.2, 0.25) is 0 Å². The first-order valence-corrected chi connectivity index (χ1v) is 7.29. The predicted octanol–water partition coefficient (Wildman–Crippen LogP) is 1.36. The van der Waals surface area contributed by atoms with Crippen molar-refractivity contribution in [3.05, 3.63) is 28.5 Å². The topological polar surface area (TPSA) is 88.3 Å². The molecule has 1 aliphatic heterocycles. The number of primary amides is 1. The summed E-state index contributed by atoms with van der Waals surface area (Å²) in [4.78, 5) is 29.0. The fraction of sp³-hybridized carbons (Fsp3) is 0.462. The lowest BCUT2D eigenvalue weighted by atomic mass is 9.97. The van der Waals surface area contributed by atoms with Crippen molar-refractivity contribution in [3.63, 3.8) is 0 Å². The van der Waals surface area contributed by atoms with Crippen LogP contribution in [-0.4, -0.2) is 41.5 Å². The maximum atomic E-state index is 12.3. The minimum Gasteiger partial charge on any atom is -0.352 e. The van der Waals surface area contributed by atoms with E-state index in [4.69, 9.17) is 5.73 Å². The number of likely N-dealkylation sites (tertiary alicyclic amines) is 1. The van der Waals surface area contributed by atoms with E-state index in [-0.39, 0.29) is 11.8 Å². The Hall–Kier alpha value is -1.63. The first-order valence-electron chi connectivity index (χ1n) is 6.50. The zero-order chi connectivity index (χ0) is 14.5. The summed E-state index contributed by atoms with van der Waals surface area (Å²) in [6, 6.07) is 2.98. The van der Waals surface area contributed by atoms with Crippen LogP contribution >= 0.6 is 15.9 Å². The standard InChI is InChI=1S/C13H17BrN4O2/c14-10-3-4-11(16-7-10)12(19)18-5-1-2-9(8-18)6-17-13(15)20/h3-4,7,9H,1-2,5-6,8H2,(H3,15,17,20). The van der Waals surface area contributed by atoms with Crippen LogP contribution in [0.3, 0.4) is 0 Å². The minimum atomic E-state index is -0.525. The van der Waals surface area contributed by atoms with Gasteiger partial charge < -0.3 is 16.0 Å². The van der Waals surface area contributed by atoms with Gasteiger partial charge in [-0.05, 0) is 46.8 Å². The number of nitrogens with two attached hydrogens (primary N) is 1. The van der Waals surface area contributed by atoms with E-state index in [0.717, 1.165) is 23.9 Å². The SMILES string of the molecule is NC(=O)NCC1CCCN(C(=O)c2ccc(Br)cn2)C1. The largest absolute Gasteiger partial charge is 0.352 e. The highest BCUT2D eigenvalue weighted by Crippen LogP contribution is 2.18. The van der Waals surface area contributed by atoms with E-state index in [1.165, 1.54) is 0 Å². The molecule has 1 aliphatic rings. The molecule has 6 nitrogen and oxygen atoms in total. The lowest BCUT2D eigenvalue weighted by Gasteiger charge is -2.32. The number of hydrogen-bond donors (Lipinski definition) is 2. The van der Waals surface area contributed by atoms with E-state index in [2.05, 4.69) is 26.2 Å². The molecule has 0 bridgehead atoms. The number of carbonyl (C=O) groups excluding carboxylic acids is 2. The molecule has 0 spiro atoms. The normalized spacial score (nSPS) is 18.6. The number of carbonyl (C=O) groups is 2. The number of amides is 3. The van der Waals surface area contributed by atoms with Crippen molar-refractivity contribution < 1.29 is 9.59 Å². The number of hydrogen-bond acceptors (Lipinski definition) is 3. The molecule has 108 valence electrons. The van der Waals surface area contributed by atoms with Crippen LogP contribution in [0, 0.1) is 5.92 Å². The molecule has 1 fully saturated rings. The number of pyridine rings is 1. The van der Waals surface area contributed by atoms with Crippen molar-refractivity contribution >= 4 is 27.9 Å². The van der Waals surface area contributed by atoms with E-state index in [1.807, 2.05) is 0 Å². The van der Waals surface area contributed by atoms with E-state index in [1.54, 1.807) is 23.2 Å². The molecule has 0 aromatic carbocycles. The second-order valence-electron chi connectivity index (χ2n) is 4.87. The van der Waals surface area contributed by atoms with Gasteiger partial charge in [0.1, 0.15) is 5.69 Å². The van der Waals surface area contributed by atoms with Crippen molar-refractivity contribution in [2.45, 2.75) is 12.8 Å². The van der Waals surface area contributed by atoms with Crippen LogP contribution in [-0.2, 0) is 0 Å². The maximum absolute atomic E-state index is 12.3. The van der Waals surface area contributed by atoms with E-state index >= 15 is 0 Å². The Bertz CT molecular complexity index is 492. The molecule has 2 heterocycles. The molecule has 3 amide bonds. The quantitative estimate of drug-likeness (QED) is 0.870. The zero-order valence-electron chi connectivity index (χ0n) is 11.0. The molecule has 0 saturated carbocycles. The smallest absolute Gasteiger partial charge is 0.312 e. The Kier molecular flexibility index (Phi) is 4.94. The summed E-state index contributed by atoms with van der Waals surface area (Å²) in [5.41, 5.74) is 5.51. The number of rotatable bonds is 3. The average molecular weight is 341 g/mol. The highest BCUT2D eigenvalue weighted by atomic mass is 79.9. The third kappa shape index (κ3) is 3.93. The number of aromatic nitrogens is 1. The number of nitrogens with one attached hydrogen (secondary N) is 1. The first kappa shape index (κ1) is 14.8. The van der Waals surface area contributed by atoms with E-state index in [9.17, 15) is 9.59 Å². The molecule has 1 atom stereocenters. The van der Waals surface area contributed by atoms with Crippen LogP contribution in [0.15, 0.2) is 22.8 Å². The average Bonchev–Trinajstić information content (AvgIpc) is 2.45. The van der Waals surface area contributed by atoms with Gasteiger partial charge in [-0.2, -0.15) is 0 Å². The predicted molar refractivity (Wildman–Crippen MR) is 78.2 cm³/mol. The Morgan fingerprint density at radius 3 is 2.95 bits per heavy atom. The van der Waals surface area contributed by atoms with Gasteiger partial charge in [0.05, 0.1) is 0 Å². The Labute approximate surface area is 125 Å². The summed E-state index contributed by atoms with van der Waals surface area (Å²) in [6.45, 7) is 1.85. The molecule has 1 saturated heterocycles. The van der Waals surface area contributed by atoms with E-state index < -0.39 is 6.03 Å². The number of halogens is 1. The third-order valence-corrected chi connectivity index (χ3v) is 3.79. The third-order valence-electron chi connectivity index (χ3n) is 3.32. The summed E-state index contributed by atoms with van der Waals surface area (Å²) in [5, 5.41) is 2.60. The summed E-state index contributed by atoms with van der Waals surface area (Å²) >= 11 is 3.29. The van der Waals surface area contributed by atoms with Gasteiger partial charge >= 0.3 is 6.03 Å². The summed E-state index contributed by atoms with van der Waals surface area (Å²) in [7, 11) is 0. The number of nitrogens with zero attached hydrogens (tertiary/aromatic N) is 2. The Morgan fingerprint density at radius 1 is 1.50 bits per heavy atom. The fourth-order valence-electron chi connectivity index (χ4n) is 2.33. The van der Waals surface area contributed by atoms with E-state index in [0.29, 0.717) is 18.8 Å². The van der Waals surface area contributed by atoms with Crippen molar-refractivity contribution in [2.75, 3.05) is 19.6 Å². The molecule has 0 radical (unpaired) electrons. The van der Waals surface area contributed by atoms with Gasteiger partial charge in [-0.1, -0.05) is 0 Å². The van der Waals surface area contributed by atoms with Gasteiger partial charge in [-0.25, -0.2) is 9.78 Å². The Morgan fingerprint density at radius 2 is 2.30 bits per heavy atom. The molecule has 20 heavy (non-hydrogen) atoms. The molecule has 0 aliphatic carbocycles. The second-order valence-corrected chi connectivity index (χ2v) is 5.78. The van der Waals surface area contributed by atoms with Crippen LogP contribution in [0.1, 0.15) is 23.3 Å². The highest BCUT2D eigenvalue weighted by molar-refractivity contribution is 9.10. The molecule has 2 rings (SSSR count). The summed E-state index contributed by atoms with van der Waals surface area (Å²) in [5.74, 6) is 0.178. The number of piperidine rings is 1. The van der Waals surface area contributed by atoms with Gasteiger partial charge in [0.25, 0.3) is 5.91 Å². The van der Waals surface area contributed by atoms with Crippen LogP contribution in [0.25, 0.3) is 0 Å². The van der Waals surface area contributed by atoms with Crippen molar-refractivity contribution in [3.8, 4) is 0 Å². The summed E-state index contributed by atoms with van der Waals surface area (Å²) in [6.07, 6.45) is 3.52. The molecule has 1 unspecified atom stereocenters. The molecule has 1 aromatic rings. The van der Waals surface area contributed by atoms with Crippen LogP contribution in [0.5, 0.6) is 0 Å². The van der Waals surface area contributed by atoms with Gasteiger partial charge in [-0.15, -0.1) is 0 Å². The molecular formula is C13H17BrN4O2. The van der Waals surface area contributed by atoms with Crippen LogP contribution < -0.4 is 11.1 Å². The van der Waals surface area contributed by atoms with Crippen LogP contribution in [0.4, 0.5) is 4.79 Å². The lowest BCUT2D eigenvalue weighted by molar-refractivity contribution is 0.0669. The lowest BCUT2D eigenvalue weighted by Crippen LogP contribution is -2.44. The zero-order valence-corrected chi connectivity index (χ0v) is 12.6. The second kappa shape index (κ2) is 6.69. The molecular weight excluding hydrogens is 324 g/mol. The first-order chi connectivity index (χ1) is 9.56.